The standard InChI is InChI=1S/C22H26N6/c1-13(2)15-8-19-21(23-10-15)27(4)20(26-19)7-14(3)16-9-18-22(24-11-16)28(12-25-18)17-5-6-17/h8-14,17H,5-7H2,1-4H3. The van der Waals surface area contributed by atoms with Gasteiger partial charge in [0.05, 0.1) is 6.33 Å². The van der Waals surface area contributed by atoms with Crippen molar-refractivity contribution in [3.8, 4) is 0 Å². The fraction of sp³-hybridized carbons (Fsp3) is 0.455. The molecule has 0 spiro atoms. The van der Waals surface area contributed by atoms with Crippen LogP contribution in [0.4, 0.5) is 0 Å². The Morgan fingerprint density at radius 1 is 0.964 bits per heavy atom. The van der Waals surface area contributed by atoms with Gasteiger partial charge in [-0.3, -0.25) is 0 Å². The van der Waals surface area contributed by atoms with E-state index in [2.05, 4.69) is 59.1 Å². The van der Waals surface area contributed by atoms with E-state index in [0.29, 0.717) is 17.9 Å². The van der Waals surface area contributed by atoms with Crippen LogP contribution in [0.3, 0.4) is 0 Å². The van der Waals surface area contributed by atoms with E-state index in [0.717, 1.165) is 34.6 Å². The highest BCUT2D eigenvalue weighted by Crippen LogP contribution is 2.37. The first kappa shape index (κ1) is 17.3. The number of nitrogens with zero attached hydrogens (tertiary/aromatic N) is 6. The summed E-state index contributed by atoms with van der Waals surface area (Å²) >= 11 is 0. The maximum atomic E-state index is 4.88. The summed E-state index contributed by atoms with van der Waals surface area (Å²) in [5, 5.41) is 0. The maximum absolute atomic E-state index is 4.88. The minimum Gasteiger partial charge on any atom is -0.316 e. The minimum absolute atomic E-state index is 0.308. The van der Waals surface area contributed by atoms with E-state index in [9.17, 15) is 0 Å². The molecular formula is C22H26N6. The highest BCUT2D eigenvalue weighted by Gasteiger charge is 2.25. The summed E-state index contributed by atoms with van der Waals surface area (Å²) in [6.45, 7) is 6.60. The molecule has 0 saturated heterocycles. The third kappa shape index (κ3) is 2.87. The zero-order chi connectivity index (χ0) is 19.4. The van der Waals surface area contributed by atoms with Gasteiger partial charge in [0, 0.05) is 31.9 Å². The first-order chi connectivity index (χ1) is 13.5. The van der Waals surface area contributed by atoms with Gasteiger partial charge in [-0.2, -0.15) is 0 Å². The molecule has 0 radical (unpaired) electrons. The number of fused-ring (bicyclic) bond motifs is 2. The quantitative estimate of drug-likeness (QED) is 0.515. The predicted octanol–water partition coefficient (Wildman–Crippen LogP) is 4.52. The molecule has 144 valence electrons. The summed E-state index contributed by atoms with van der Waals surface area (Å²) in [6.07, 6.45) is 9.24. The topological polar surface area (TPSA) is 61.4 Å². The van der Waals surface area contributed by atoms with Crippen LogP contribution in [-0.4, -0.2) is 29.1 Å². The molecule has 0 amide bonds. The molecule has 0 N–H and O–H groups in total. The molecule has 0 aliphatic heterocycles. The van der Waals surface area contributed by atoms with Gasteiger partial charge in [-0.1, -0.05) is 20.8 Å². The molecule has 1 unspecified atom stereocenters. The van der Waals surface area contributed by atoms with Crippen molar-refractivity contribution in [3.05, 3.63) is 47.8 Å². The Bertz CT molecular complexity index is 1160. The van der Waals surface area contributed by atoms with Crippen LogP contribution in [0.25, 0.3) is 22.3 Å². The summed E-state index contributed by atoms with van der Waals surface area (Å²) in [5.74, 6) is 1.82. The number of aryl methyl sites for hydroxylation is 1. The molecule has 1 fully saturated rings. The predicted molar refractivity (Wildman–Crippen MR) is 111 cm³/mol. The van der Waals surface area contributed by atoms with Gasteiger partial charge in [0.15, 0.2) is 11.3 Å². The van der Waals surface area contributed by atoms with E-state index >= 15 is 0 Å². The molecule has 4 aromatic rings. The largest absolute Gasteiger partial charge is 0.316 e. The lowest BCUT2D eigenvalue weighted by molar-refractivity contribution is 0.686. The van der Waals surface area contributed by atoms with Gasteiger partial charge in [-0.05, 0) is 47.9 Å². The Kier molecular flexibility index (Phi) is 3.96. The molecule has 4 heterocycles. The van der Waals surface area contributed by atoms with Crippen molar-refractivity contribution >= 4 is 22.3 Å². The van der Waals surface area contributed by atoms with E-state index in [1.807, 2.05) is 18.7 Å². The van der Waals surface area contributed by atoms with Gasteiger partial charge in [0.2, 0.25) is 0 Å². The zero-order valence-electron chi connectivity index (χ0n) is 16.9. The molecule has 5 rings (SSSR count). The molecule has 1 aliphatic carbocycles. The number of imidazole rings is 2. The highest BCUT2D eigenvalue weighted by molar-refractivity contribution is 5.73. The summed E-state index contributed by atoms with van der Waals surface area (Å²) in [7, 11) is 2.05. The zero-order valence-corrected chi connectivity index (χ0v) is 16.9. The van der Waals surface area contributed by atoms with Crippen molar-refractivity contribution in [1.29, 1.82) is 0 Å². The van der Waals surface area contributed by atoms with Crippen molar-refractivity contribution < 1.29 is 0 Å². The van der Waals surface area contributed by atoms with Crippen LogP contribution in [-0.2, 0) is 13.5 Å². The average Bonchev–Trinajstić information content (AvgIpc) is 3.37. The van der Waals surface area contributed by atoms with Gasteiger partial charge in [0.1, 0.15) is 16.9 Å². The normalized spacial score (nSPS) is 15.8. The Balaban J connectivity index is 1.43. The van der Waals surface area contributed by atoms with E-state index in [4.69, 9.17) is 9.97 Å². The summed E-state index contributed by atoms with van der Waals surface area (Å²) < 4.78 is 4.33. The van der Waals surface area contributed by atoms with Gasteiger partial charge < -0.3 is 9.13 Å². The van der Waals surface area contributed by atoms with E-state index in [1.54, 1.807) is 0 Å². The van der Waals surface area contributed by atoms with Crippen LogP contribution in [0.5, 0.6) is 0 Å². The summed E-state index contributed by atoms with van der Waals surface area (Å²) in [5.41, 5.74) is 6.36. The van der Waals surface area contributed by atoms with Gasteiger partial charge in [0.25, 0.3) is 0 Å². The van der Waals surface area contributed by atoms with E-state index in [-0.39, 0.29) is 0 Å². The number of rotatable bonds is 5. The average molecular weight is 374 g/mol. The van der Waals surface area contributed by atoms with Gasteiger partial charge >= 0.3 is 0 Å². The van der Waals surface area contributed by atoms with Crippen molar-refractivity contribution in [2.24, 2.45) is 7.05 Å². The molecule has 28 heavy (non-hydrogen) atoms. The van der Waals surface area contributed by atoms with Crippen molar-refractivity contribution in [1.82, 2.24) is 29.1 Å². The summed E-state index contributed by atoms with van der Waals surface area (Å²) in [4.78, 5) is 18.8. The second-order valence-corrected chi connectivity index (χ2v) is 8.45. The molecule has 6 heteroatoms. The smallest absolute Gasteiger partial charge is 0.160 e. The monoisotopic (exact) mass is 374 g/mol. The summed E-state index contributed by atoms with van der Waals surface area (Å²) in [6, 6.07) is 4.95. The molecule has 0 bridgehead atoms. The Morgan fingerprint density at radius 3 is 2.43 bits per heavy atom. The van der Waals surface area contributed by atoms with Crippen LogP contribution in [0.15, 0.2) is 30.9 Å². The lowest BCUT2D eigenvalue weighted by atomic mass is 9.99. The first-order valence-electron chi connectivity index (χ1n) is 10.1. The molecule has 0 aromatic carbocycles. The molecule has 1 aliphatic rings. The van der Waals surface area contributed by atoms with Crippen LogP contribution in [0, 0.1) is 0 Å². The minimum atomic E-state index is 0.308. The SMILES string of the molecule is CC(C)c1cnc2c(c1)nc(CC(C)c1cnc3c(c1)ncn3C1CC1)n2C. The van der Waals surface area contributed by atoms with Crippen molar-refractivity contribution in [3.63, 3.8) is 0 Å². The fourth-order valence-electron chi connectivity index (χ4n) is 3.85. The Hall–Kier alpha value is -2.76. The molecule has 4 aromatic heterocycles. The van der Waals surface area contributed by atoms with Crippen LogP contribution >= 0.6 is 0 Å². The Morgan fingerprint density at radius 2 is 1.68 bits per heavy atom. The van der Waals surface area contributed by atoms with E-state index < -0.39 is 0 Å². The van der Waals surface area contributed by atoms with Crippen LogP contribution < -0.4 is 0 Å². The first-order valence-corrected chi connectivity index (χ1v) is 10.1. The maximum Gasteiger partial charge on any atom is 0.160 e. The molecule has 1 saturated carbocycles. The third-order valence-electron chi connectivity index (χ3n) is 5.92. The molecular weight excluding hydrogens is 348 g/mol. The lowest BCUT2D eigenvalue weighted by Crippen LogP contribution is -2.05. The number of hydrogen-bond acceptors (Lipinski definition) is 4. The molecule has 1 atom stereocenters. The van der Waals surface area contributed by atoms with Crippen LogP contribution in [0.1, 0.15) is 68.4 Å². The second kappa shape index (κ2) is 6.40. The number of hydrogen-bond donors (Lipinski definition) is 0. The third-order valence-corrected chi connectivity index (χ3v) is 5.92. The number of aromatic nitrogens is 6. The second-order valence-electron chi connectivity index (χ2n) is 8.45. The van der Waals surface area contributed by atoms with Gasteiger partial charge in [-0.15, -0.1) is 0 Å². The molecule has 6 nitrogen and oxygen atoms in total. The highest BCUT2D eigenvalue weighted by atomic mass is 15.1. The van der Waals surface area contributed by atoms with Gasteiger partial charge in [-0.25, -0.2) is 19.9 Å². The van der Waals surface area contributed by atoms with E-state index in [1.165, 1.54) is 24.0 Å². The van der Waals surface area contributed by atoms with Crippen molar-refractivity contribution in [2.45, 2.75) is 57.9 Å². The van der Waals surface area contributed by atoms with Crippen LogP contribution in [0.2, 0.25) is 0 Å². The fourth-order valence-corrected chi connectivity index (χ4v) is 3.85. The lowest BCUT2D eigenvalue weighted by Gasteiger charge is -2.11. The number of pyridine rings is 2. The van der Waals surface area contributed by atoms with Crippen molar-refractivity contribution in [2.75, 3.05) is 0 Å². The Labute approximate surface area is 164 Å².